The largest absolute Gasteiger partial charge is 0.366 e. The maximum absolute atomic E-state index is 9.23. The highest BCUT2D eigenvalue weighted by molar-refractivity contribution is 5.58. The average molecular weight is 241 g/mol. The van der Waals surface area contributed by atoms with Crippen molar-refractivity contribution >= 4 is 5.69 Å². The molecule has 1 saturated carbocycles. The van der Waals surface area contributed by atoms with E-state index >= 15 is 0 Å². The summed E-state index contributed by atoms with van der Waals surface area (Å²) in [6, 6.07) is 4.78. The van der Waals surface area contributed by atoms with Crippen LogP contribution in [0.4, 0.5) is 5.69 Å². The van der Waals surface area contributed by atoms with Crippen molar-refractivity contribution in [3.63, 3.8) is 0 Å². The van der Waals surface area contributed by atoms with Crippen molar-refractivity contribution in [2.75, 3.05) is 11.4 Å². The molecule has 1 aromatic rings. The lowest BCUT2D eigenvalue weighted by Crippen LogP contribution is -2.35. The molecule has 94 valence electrons. The van der Waals surface area contributed by atoms with Gasteiger partial charge in [0.05, 0.1) is 17.4 Å². The van der Waals surface area contributed by atoms with Gasteiger partial charge in [-0.05, 0) is 37.7 Å². The second kappa shape index (κ2) is 4.97. The van der Waals surface area contributed by atoms with Gasteiger partial charge in [-0.3, -0.25) is 4.98 Å². The first-order valence-electron chi connectivity index (χ1n) is 7.01. The lowest BCUT2D eigenvalue weighted by Gasteiger charge is -2.31. The van der Waals surface area contributed by atoms with E-state index in [0.29, 0.717) is 6.04 Å². The van der Waals surface area contributed by atoms with Gasteiger partial charge in [0, 0.05) is 18.8 Å². The van der Waals surface area contributed by atoms with Crippen LogP contribution in [0.1, 0.15) is 44.1 Å². The number of rotatable bonds is 2. The minimum Gasteiger partial charge on any atom is -0.366 e. The fourth-order valence-corrected chi connectivity index (χ4v) is 3.63. The predicted octanol–water partition coefficient (Wildman–Crippen LogP) is 3.11. The molecular weight excluding hydrogens is 222 g/mol. The van der Waals surface area contributed by atoms with E-state index in [-0.39, 0.29) is 0 Å². The Morgan fingerprint density at radius 1 is 1.22 bits per heavy atom. The van der Waals surface area contributed by atoms with Crippen LogP contribution < -0.4 is 4.90 Å². The fraction of sp³-hybridized carbons (Fsp3) is 0.600. The molecule has 2 aliphatic rings. The van der Waals surface area contributed by atoms with Crippen LogP contribution >= 0.6 is 0 Å². The first-order valence-corrected chi connectivity index (χ1v) is 7.01. The third kappa shape index (κ3) is 1.96. The zero-order valence-corrected chi connectivity index (χ0v) is 10.7. The molecule has 0 aromatic carbocycles. The Morgan fingerprint density at radius 2 is 2.06 bits per heavy atom. The molecule has 1 saturated heterocycles. The Morgan fingerprint density at radius 3 is 2.83 bits per heavy atom. The minimum atomic E-state index is 0.642. The first kappa shape index (κ1) is 11.5. The van der Waals surface area contributed by atoms with E-state index in [1.54, 1.807) is 6.20 Å². The molecule has 0 N–H and O–H groups in total. The zero-order chi connectivity index (χ0) is 12.4. The molecule has 1 atom stereocenters. The summed E-state index contributed by atoms with van der Waals surface area (Å²) < 4.78 is 0. The summed E-state index contributed by atoms with van der Waals surface area (Å²) in [7, 11) is 0. The highest BCUT2D eigenvalue weighted by Crippen LogP contribution is 2.38. The third-order valence-corrected chi connectivity index (χ3v) is 4.47. The zero-order valence-electron chi connectivity index (χ0n) is 10.7. The van der Waals surface area contributed by atoms with Gasteiger partial charge in [0.2, 0.25) is 0 Å². The molecule has 3 rings (SSSR count). The molecule has 0 spiro atoms. The van der Waals surface area contributed by atoms with Crippen molar-refractivity contribution < 1.29 is 0 Å². The second-order valence-corrected chi connectivity index (χ2v) is 5.45. The predicted molar refractivity (Wildman–Crippen MR) is 71.3 cm³/mol. The molecule has 3 heteroatoms. The van der Waals surface area contributed by atoms with Crippen LogP contribution in [0.25, 0.3) is 0 Å². The van der Waals surface area contributed by atoms with E-state index in [1.807, 2.05) is 12.3 Å². The van der Waals surface area contributed by atoms with Gasteiger partial charge in [0.15, 0.2) is 0 Å². The summed E-state index contributed by atoms with van der Waals surface area (Å²) in [5.41, 5.74) is 1.82. The van der Waals surface area contributed by atoms with Crippen molar-refractivity contribution in [2.24, 2.45) is 5.92 Å². The average Bonchev–Trinajstić information content (AvgIpc) is 3.09. The lowest BCUT2D eigenvalue weighted by atomic mass is 9.95. The van der Waals surface area contributed by atoms with Crippen molar-refractivity contribution in [3.05, 3.63) is 24.0 Å². The van der Waals surface area contributed by atoms with Crippen LogP contribution in [0.2, 0.25) is 0 Å². The summed E-state index contributed by atoms with van der Waals surface area (Å²) in [6.45, 7) is 1.08. The molecule has 1 aliphatic heterocycles. The number of anilines is 1. The number of hydrogen-bond donors (Lipinski definition) is 0. The van der Waals surface area contributed by atoms with E-state index in [2.05, 4.69) is 16.0 Å². The van der Waals surface area contributed by atoms with Gasteiger partial charge in [0.1, 0.15) is 6.07 Å². The monoisotopic (exact) mass is 241 g/mol. The van der Waals surface area contributed by atoms with Crippen LogP contribution in [0.5, 0.6) is 0 Å². The number of pyridine rings is 1. The SMILES string of the molecule is N#Cc1ccncc1N1CCCC1C1CCCC1. The van der Waals surface area contributed by atoms with E-state index in [4.69, 9.17) is 0 Å². The number of hydrogen-bond acceptors (Lipinski definition) is 3. The molecule has 3 nitrogen and oxygen atoms in total. The van der Waals surface area contributed by atoms with Gasteiger partial charge in [0.25, 0.3) is 0 Å². The smallest absolute Gasteiger partial charge is 0.101 e. The molecule has 2 fully saturated rings. The van der Waals surface area contributed by atoms with E-state index in [0.717, 1.165) is 23.7 Å². The first-order chi connectivity index (χ1) is 8.90. The number of nitriles is 1. The molecular formula is C15H19N3. The van der Waals surface area contributed by atoms with Crippen molar-refractivity contribution in [2.45, 2.75) is 44.6 Å². The molecule has 1 aliphatic carbocycles. The Labute approximate surface area is 108 Å². The van der Waals surface area contributed by atoms with Gasteiger partial charge >= 0.3 is 0 Å². The van der Waals surface area contributed by atoms with Gasteiger partial charge in [-0.25, -0.2) is 0 Å². The summed E-state index contributed by atoms with van der Waals surface area (Å²) in [6.07, 6.45) is 11.6. The summed E-state index contributed by atoms with van der Waals surface area (Å²) in [4.78, 5) is 6.65. The van der Waals surface area contributed by atoms with Gasteiger partial charge in [-0.15, -0.1) is 0 Å². The lowest BCUT2D eigenvalue weighted by molar-refractivity contribution is 0.430. The molecule has 18 heavy (non-hydrogen) atoms. The van der Waals surface area contributed by atoms with Crippen LogP contribution in [0, 0.1) is 17.2 Å². The standard InChI is InChI=1S/C15H19N3/c16-10-13-7-8-17-11-15(13)18-9-3-6-14(18)12-4-1-2-5-12/h7-8,11-12,14H,1-6,9H2. The number of aromatic nitrogens is 1. The normalized spacial score (nSPS) is 24.4. The second-order valence-electron chi connectivity index (χ2n) is 5.45. The van der Waals surface area contributed by atoms with E-state index in [9.17, 15) is 5.26 Å². The summed E-state index contributed by atoms with van der Waals surface area (Å²) in [5, 5.41) is 9.23. The van der Waals surface area contributed by atoms with Crippen molar-refractivity contribution in [1.29, 1.82) is 5.26 Å². The minimum absolute atomic E-state index is 0.642. The quantitative estimate of drug-likeness (QED) is 0.798. The van der Waals surface area contributed by atoms with Crippen LogP contribution in [0.15, 0.2) is 18.5 Å². The van der Waals surface area contributed by atoms with Gasteiger partial charge in [-0.1, -0.05) is 12.8 Å². The van der Waals surface area contributed by atoms with Crippen molar-refractivity contribution in [1.82, 2.24) is 4.98 Å². The molecule has 0 amide bonds. The van der Waals surface area contributed by atoms with Gasteiger partial charge in [-0.2, -0.15) is 5.26 Å². The van der Waals surface area contributed by atoms with Crippen molar-refractivity contribution in [3.8, 4) is 6.07 Å². The van der Waals surface area contributed by atoms with Crippen LogP contribution in [-0.2, 0) is 0 Å². The van der Waals surface area contributed by atoms with Crippen LogP contribution in [-0.4, -0.2) is 17.6 Å². The van der Waals surface area contributed by atoms with Gasteiger partial charge < -0.3 is 4.90 Å². The summed E-state index contributed by atoms with van der Waals surface area (Å²) >= 11 is 0. The van der Waals surface area contributed by atoms with E-state index in [1.165, 1.54) is 38.5 Å². The Kier molecular flexibility index (Phi) is 3.19. The molecule has 0 bridgehead atoms. The Bertz CT molecular complexity index is 457. The summed E-state index contributed by atoms with van der Waals surface area (Å²) in [5.74, 6) is 0.833. The molecule has 1 aromatic heterocycles. The van der Waals surface area contributed by atoms with Crippen LogP contribution in [0.3, 0.4) is 0 Å². The Hall–Kier alpha value is -1.56. The molecule has 0 radical (unpaired) electrons. The Balaban J connectivity index is 1.88. The topological polar surface area (TPSA) is 39.9 Å². The maximum atomic E-state index is 9.23. The highest BCUT2D eigenvalue weighted by Gasteiger charge is 2.34. The van der Waals surface area contributed by atoms with E-state index < -0.39 is 0 Å². The molecule has 1 unspecified atom stereocenters. The third-order valence-electron chi connectivity index (χ3n) is 4.47. The number of nitrogens with zero attached hydrogens (tertiary/aromatic N) is 3. The highest BCUT2D eigenvalue weighted by atomic mass is 15.2. The maximum Gasteiger partial charge on any atom is 0.101 e. The molecule has 2 heterocycles. The fourth-order valence-electron chi connectivity index (χ4n) is 3.63.